The number of benzene rings is 2. The predicted molar refractivity (Wildman–Crippen MR) is 105 cm³/mol. The van der Waals surface area contributed by atoms with E-state index in [4.69, 9.17) is 16.9 Å². The quantitative estimate of drug-likeness (QED) is 0.654. The lowest BCUT2D eigenvalue weighted by molar-refractivity contribution is 0.596. The lowest BCUT2D eigenvalue weighted by Gasteiger charge is -2.22. The van der Waals surface area contributed by atoms with Crippen molar-refractivity contribution in [3.8, 4) is 11.8 Å². The van der Waals surface area contributed by atoms with Crippen molar-refractivity contribution in [1.82, 2.24) is 9.78 Å². The third kappa shape index (κ3) is 3.97. The standard InChI is InChI=1S/C19H17ClN4O2S/c1-14-18(19(20)24(22-14)16-8-4-3-5-9-16)13-23(27(2,25)26)17-10-6-7-15(11-17)12-21/h3-11H,13H2,1-2H3. The number of para-hydroxylation sites is 1. The maximum absolute atomic E-state index is 12.4. The molecule has 3 aromatic rings. The van der Waals surface area contributed by atoms with E-state index in [1.54, 1.807) is 29.8 Å². The van der Waals surface area contributed by atoms with E-state index in [1.165, 1.54) is 10.4 Å². The molecule has 0 amide bonds. The zero-order chi connectivity index (χ0) is 19.6. The molecule has 2 aromatic carbocycles. The van der Waals surface area contributed by atoms with Gasteiger partial charge in [0.1, 0.15) is 5.15 Å². The highest BCUT2D eigenvalue weighted by Gasteiger charge is 2.23. The average Bonchev–Trinajstić information content (AvgIpc) is 2.93. The second-order valence-electron chi connectivity index (χ2n) is 6.03. The summed E-state index contributed by atoms with van der Waals surface area (Å²) in [4.78, 5) is 0. The molecule has 0 fully saturated rings. The van der Waals surface area contributed by atoms with Gasteiger partial charge in [0.2, 0.25) is 10.0 Å². The molecule has 27 heavy (non-hydrogen) atoms. The monoisotopic (exact) mass is 400 g/mol. The summed E-state index contributed by atoms with van der Waals surface area (Å²) in [5.74, 6) is 0. The van der Waals surface area contributed by atoms with Crippen LogP contribution in [-0.4, -0.2) is 24.5 Å². The smallest absolute Gasteiger partial charge is 0.232 e. The topological polar surface area (TPSA) is 79.0 Å². The molecule has 0 aliphatic heterocycles. The van der Waals surface area contributed by atoms with Gasteiger partial charge in [-0.2, -0.15) is 10.4 Å². The van der Waals surface area contributed by atoms with Gasteiger partial charge in [-0.1, -0.05) is 35.9 Å². The summed E-state index contributed by atoms with van der Waals surface area (Å²) in [5, 5.41) is 13.9. The van der Waals surface area contributed by atoms with E-state index in [-0.39, 0.29) is 6.54 Å². The fourth-order valence-corrected chi connectivity index (χ4v) is 3.92. The second-order valence-corrected chi connectivity index (χ2v) is 8.30. The van der Waals surface area contributed by atoms with Crippen LogP contribution in [0.5, 0.6) is 0 Å². The highest BCUT2D eigenvalue weighted by Crippen LogP contribution is 2.28. The van der Waals surface area contributed by atoms with Gasteiger partial charge < -0.3 is 0 Å². The first kappa shape index (κ1) is 19.0. The SMILES string of the molecule is Cc1nn(-c2ccccc2)c(Cl)c1CN(c1cccc(C#N)c1)S(C)(=O)=O. The predicted octanol–water partition coefficient (Wildman–Crippen LogP) is 3.67. The molecule has 1 aromatic heterocycles. The van der Waals surface area contributed by atoms with E-state index in [2.05, 4.69) is 5.10 Å². The molecule has 0 spiro atoms. The first-order valence-electron chi connectivity index (χ1n) is 8.08. The Morgan fingerprint density at radius 1 is 1.19 bits per heavy atom. The van der Waals surface area contributed by atoms with Crippen molar-refractivity contribution >= 4 is 27.3 Å². The summed E-state index contributed by atoms with van der Waals surface area (Å²) < 4.78 is 27.6. The number of hydrogen-bond acceptors (Lipinski definition) is 4. The summed E-state index contributed by atoms with van der Waals surface area (Å²) >= 11 is 6.53. The Bertz CT molecular complexity index is 1120. The Labute approximate surface area is 163 Å². The molecule has 0 bridgehead atoms. The molecule has 0 atom stereocenters. The van der Waals surface area contributed by atoms with Gasteiger partial charge in [0, 0.05) is 5.56 Å². The number of nitriles is 1. The van der Waals surface area contributed by atoms with Gasteiger partial charge in [-0.25, -0.2) is 13.1 Å². The van der Waals surface area contributed by atoms with Gasteiger partial charge in [0.25, 0.3) is 0 Å². The van der Waals surface area contributed by atoms with Crippen molar-refractivity contribution in [2.24, 2.45) is 0 Å². The van der Waals surface area contributed by atoms with E-state index in [0.29, 0.717) is 27.7 Å². The normalized spacial score (nSPS) is 11.2. The van der Waals surface area contributed by atoms with Gasteiger partial charge in [-0.15, -0.1) is 0 Å². The molecule has 0 saturated heterocycles. The van der Waals surface area contributed by atoms with E-state index < -0.39 is 10.0 Å². The van der Waals surface area contributed by atoms with Crippen molar-refractivity contribution in [2.45, 2.75) is 13.5 Å². The maximum Gasteiger partial charge on any atom is 0.232 e. The minimum atomic E-state index is -3.60. The number of rotatable bonds is 5. The van der Waals surface area contributed by atoms with Gasteiger partial charge >= 0.3 is 0 Å². The maximum atomic E-state index is 12.4. The molecular formula is C19H17ClN4O2S. The third-order valence-electron chi connectivity index (χ3n) is 4.09. The van der Waals surface area contributed by atoms with Gasteiger partial charge in [0.15, 0.2) is 0 Å². The zero-order valence-corrected chi connectivity index (χ0v) is 16.4. The molecule has 138 valence electrons. The lowest BCUT2D eigenvalue weighted by atomic mass is 10.2. The third-order valence-corrected chi connectivity index (χ3v) is 5.62. The van der Waals surface area contributed by atoms with Crippen molar-refractivity contribution in [2.75, 3.05) is 10.6 Å². The summed E-state index contributed by atoms with van der Waals surface area (Å²) in [6.07, 6.45) is 1.12. The minimum Gasteiger partial charge on any atom is -0.266 e. The van der Waals surface area contributed by atoms with Crippen LogP contribution in [-0.2, 0) is 16.6 Å². The van der Waals surface area contributed by atoms with Crippen LogP contribution in [0.1, 0.15) is 16.8 Å². The number of nitrogens with zero attached hydrogens (tertiary/aromatic N) is 4. The fraction of sp³-hybridized carbons (Fsp3) is 0.158. The lowest BCUT2D eigenvalue weighted by Crippen LogP contribution is -2.29. The number of aromatic nitrogens is 2. The Morgan fingerprint density at radius 2 is 1.89 bits per heavy atom. The molecule has 0 saturated carbocycles. The van der Waals surface area contributed by atoms with Crippen LogP contribution in [0.15, 0.2) is 54.6 Å². The first-order chi connectivity index (χ1) is 12.8. The Morgan fingerprint density at radius 3 is 2.52 bits per heavy atom. The van der Waals surface area contributed by atoms with E-state index in [0.717, 1.165) is 11.9 Å². The van der Waals surface area contributed by atoms with Crippen LogP contribution < -0.4 is 4.31 Å². The molecule has 3 rings (SSSR count). The Hall–Kier alpha value is -2.82. The fourth-order valence-electron chi connectivity index (χ4n) is 2.73. The first-order valence-corrected chi connectivity index (χ1v) is 10.3. The number of anilines is 1. The van der Waals surface area contributed by atoms with Crippen LogP contribution in [0.25, 0.3) is 5.69 Å². The zero-order valence-electron chi connectivity index (χ0n) is 14.8. The number of aryl methyl sites for hydroxylation is 1. The molecule has 0 radical (unpaired) electrons. The van der Waals surface area contributed by atoms with E-state index >= 15 is 0 Å². The Balaban J connectivity index is 2.05. The number of sulfonamides is 1. The molecule has 0 N–H and O–H groups in total. The molecule has 0 aliphatic carbocycles. The van der Waals surface area contributed by atoms with Crippen molar-refractivity contribution in [3.63, 3.8) is 0 Å². The van der Waals surface area contributed by atoms with Crippen LogP contribution in [0, 0.1) is 18.3 Å². The van der Waals surface area contributed by atoms with Crippen molar-refractivity contribution in [3.05, 3.63) is 76.6 Å². The highest BCUT2D eigenvalue weighted by molar-refractivity contribution is 7.92. The molecule has 0 unspecified atom stereocenters. The summed E-state index contributed by atoms with van der Waals surface area (Å²) in [6.45, 7) is 1.80. The molecule has 0 aliphatic rings. The van der Waals surface area contributed by atoms with Gasteiger partial charge in [-0.3, -0.25) is 4.31 Å². The number of halogens is 1. The van der Waals surface area contributed by atoms with Crippen molar-refractivity contribution < 1.29 is 8.42 Å². The van der Waals surface area contributed by atoms with Crippen molar-refractivity contribution in [1.29, 1.82) is 5.26 Å². The van der Waals surface area contributed by atoms with Crippen LogP contribution in [0.4, 0.5) is 5.69 Å². The van der Waals surface area contributed by atoms with E-state index in [1.807, 2.05) is 36.4 Å². The van der Waals surface area contributed by atoms with E-state index in [9.17, 15) is 8.42 Å². The van der Waals surface area contributed by atoms with Crippen LogP contribution >= 0.6 is 11.6 Å². The van der Waals surface area contributed by atoms with Gasteiger partial charge in [-0.05, 0) is 37.3 Å². The summed E-state index contributed by atoms with van der Waals surface area (Å²) in [6, 6.07) is 17.8. The second kappa shape index (κ2) is 7.43. The number of hydrogen-bond donors (Lipinski definition) is 0. The largest absolute Gasteiger partial charge is 0.266 e. The van der Waals surface area contributed by atoms with Crippen LogP contribution in [0.2, 0.25) is 5.15 Å². The molecular weight excluding hydrogens is 384 g/mol. The summed E-state index contributed by atoms with van der Waals surface area (Å²) in [7, 11) is -3.60. The molecule has 8 heteroatoms. The summed E-state index contributed by atoms with van der Waals surface area (Å²) in [5.41, 5.74) is 2.81. The molecule has 1 heterocycles. The average molecular weight is 401 g/mol. The van der Waals surface area contributed by atoms with Crippen LogP contribution in [0.3, 0.4) is 0 Å². The Kier molecular flexibility index (Phi) is 5.22. The molecule has 6 nitrogen and oxygen atoms in total. The van der Waals surface area contributed by atoms with Gasteiger partial charge in [0.05, 0.1) is 41.5 Å². The highest BCUT2D eigenvalue weighted by atomic mass is 35.5. The minimum absolute atomic E-state index is 0.0191.